The highest BCUT2D eigenvalue weighted by Gasteiger charge is 2.65. The number of halogens is 3. The molecule has 2 saturated heterocycles. The molecule has 0 saturated carbocycles. The van der Waals surface area contributed by atoms with Crippen molar-refractivity contribution in [1.82, 2.24) is 20.4 Å². The molecule has 1 spiro atoms. The van der Waals surface area contributed by atoms with E-state index in [1.165, 1.54) is 12.1 Å². The summed E-state index contributed by atoms with van der Waals surface area (Å²) >= 11 is 12.6. The van der Waals surface area contributed by atoms with Gasteiger partial charge in [0.15, 0.2) is 0 Å². The normalized spacial score (nSPS) is 27.2. The summed E-state index contributed by atoms with van der Waals surface area (Å²) in [6.07, 6.45) is 0.576. The first-order chi connectivity index (χ1) is 18.9. The van der Waals surface area contributed by atoms with Crippen LogP contribution in [0.5, 0.6) is 0 Å². The lowest BCUT2D eigenvalue weighted by molar-refractivity contribution is -0.123. The van der Waals surface area contributed by atoms with Crippen LogP contribution in [-0.4, -0.2) is 80.0 Å². The largest absolute Gasteiger partial charge is 0.353 e. The van der Waals surface area contributed by atoms with Crippen LogP contribution in [0.3, 0.4) is 0 Å². The summed E-state index contributed by atoms with van der Waals surface area (Å²) in [6, 6.07) is 8.91. The number of fused-ring (bicyclic) bond motifs is 2. The molecule has 0 bridgehead atoms. The first-order valence-corrected chi connectivity index (χ1v) is 14.7. The van der Waals surface area contributed by atoms with E-state index in [9.17, 15) is 9.59 Å². The van der Waals surface area contributed by atoms with E-state index in [0.717, 1.165) is 38.3 Å². The Hall–Kier alpha value is -2.23. The minimum atomic E-state index is -1.25. The second kappa shape index (κ2) is 11.2. The van der Waals surface area contributed by atoms with E-state index in [1.807, 2.05) is 12.1 Å². The molecule has 0 unspecified atom stereocenters. The first kappa shape index (κ1) is 29.3. The lowest BCUT2D eigenvalue weighted by Crippen LogP contribution is -2.49. The van der Waals surface area contributed by atoms with Gasteiger partial charge in [0, 0.05) is 61.9 Å². The Labute approximate surface area is 245 Å². The van der Waals surface area contributed by atoms with Crippen molar-refractivity contribution >= 4 is 40.7 Å². The van der Waals surface area contributed by atoms with Crippen molar-refractivity contribution in [2.24, 2.45) is 5.41 Å². The van der Waals surface area contributed by atoms with Crippen LogP contribution >= 0.6 is 23.2 Å². The third-order valence-corrected chi connectivity index (χ3v) is 9.04. The highest BCUT2D eigenvalue weighted by molar-refractivity contribution is 6.31. The Bertz CT molecular complexity index is 1290. The molecule has 5 rings (SSSR count). The van der Waals surface area contributed by atoms with Gasteiger partial charge in [0.05, 0.1) is 11.1 Å². The Kier molecular flexibility index (Phi) is 8.21. The van der Waals surface area contributed by atoms with E-state index < -0.39 is 29.2 Å². The number of nitrogens with zero attached hydrogens (tertiary/aromatic N) is 2. The average molecular weight is 591 g/mol. The second-order valence-corrected chi connectivity index (χ2v) is 13.4. The van der Waals surface area contributed by atoms with Gasteiger partial charge in [0.1, 0.15) is 11.2 Å². The summed E-state index contributed by atoms with van der Waals surface area (Å²) in [7, 11) is 2.11. The van der Waals surface area contributed by atoms with Crippen molar-refractivity contribution in [1.29, 1.82) is 0 Å². The number of piperazine rings is 1. The summed E-state index contributed by atoms with van der Waals surface area (Å²) in [5.74, 6) is -1.70. The van der Waals surface area contributed by atoms with Gasteiger partial charge >= 0.3 is 0 Å². The molecule has 3 heterocycles. The van der Waals surface area contributed by atoms with Gasteiger partial charge in [-0.05, 0) is 54.3 Å². The minimum absolute atomic E-state index is 0.0630. The number of amides is 2. The molecule has 0 radical (unpaired) electrons. The van der Waals surface area contributed by atoms with Gasteiger partial charge in [-0.15, -0.1) is 0 Å². The number of hydrogen-bond acceptors (Lipinski definition) is 5. The predicted molar refractivity (Wildman–Crippen MR) is 158 cm³/mol. The molecule has 3 aliphatic rings. The van der Waals surface area contributed by atoms with E-state index in [1.54, 1.807) is 12.1 Å². The summed E-state index contributed by atoms with van der Waals surface area (Å²) in [5.41, 5.74) is 0.288. The fourth-order valence-corrected chi connectivity index (χ4v) is 7.02. The maximum absolute atomic E-state index is 15.0. The fourth-order valence-electron chi connectivity index (χ4n) is 6.65. The van der Waals surface area contributed by atoms with Gasteiger partial charge in [-0.25, -0.2) is 4.39 Å². The van der Waals surface area contributed by atoms with Crippen molar-refractivity contribution in [2.45, 2.75) is 50.6 Å². The maximum Gasteiger partial charge on any atom is 0.237 e. The SMILES string of the molecule is CN1CCN(CCNC(=O)[C@@H]2N[C@H](CC(C)(C)C)[C@]3(C(=O)Nc4cc(Cl)c(F)cc43)[C@H]2c2cccc(Cl)c2)CC1. The molecule has 216 valence electrons. The summed E-state index contributed by atoms with van der Waals surface area (Å²) in [5, 5.41) is 10.1. The zero-order valence-corrected chi connectivity index (χ0v) is 25.0. The molecule has 2 amide bonds. The summed E-state index contributed by atoms with van der Waals surface area (Å²) in [6.45, 7) is 11.4. The van der Waals surface area contributed by atoms with E-state index in [0.29, 0.717) is 29.2 Å². The molecule has 3 N–H and O–H groups in total. The Morgan fingerprint density at radius 3 is 2.55 bits per heavy atom. The molecule has 0 aliphatic carbocycles. The van der Waals surface area contributed by atoms with Gasteiger partial charge in [0.2, 0.25) is 11.8 Å². The lowest BCUT2D eigenvalue weighted by atomic mass is 9.62. The molecule has 2 aromatic carbocycles. The average Bonchev–Trinajstić information content (AvgIpc) is 3.35. The van der Waals surface area contributed by atoms with Crippen LogP contribution in [0.1, 0.15) is 44.2 Å². The van der Waals surface area contributed by atoms with Crippen LogP contribution in [0.15, 0.2) is 36.4 Å². The van der Waals surface area contributed by atoms with E-state index >= 15 is 4.39 Å². The van der Waals surface area contributed by atoms with Crippen molar-refractivity contribution in [3.63, 3.8) is 0 Å². The van der Waals surface area contributed by atoms with Gasteiger partial charge < -0.3 is 20.9 Å². The Morgan fingerprint density at radius 1 is 1.15 bits per heavy atom. The van der Waals surface area contributed by atoms with Gasteiger partial charge in [-0.1, -0.05) is 56.1 Å². The van der Waals surface area contributed by atoms with Crippen LogP contribution in [0.4, 0.5) is 10.1 Å². The van der Waals surface area contributed by atoms with Crippen molar-refractivity contribution in [3.05, 3.63) is 63.4 Å². The van der Waals surface area contributed by atoms with E-state index in [-0.39, 0.29) is 22.3 Å². The molecule has 4 atom stereocenters. The number of likely N-dealkylation sites (N-methyl/N-ethyl adjacent to an activating group) is 1. The molecule has 2 fully saturated rings. The number of hydrogen-bond donors (Lipinski definition) is 3. The van der Waals surface area contributed by atoms with Crippen LogP contribution < -0.4 is 16.0 Å². The van der Waals surface area contributed by atoms with Gasteiger partial charge in [-0.2, -0.15) is 0 Å². The first-order valence-electron chi connectivity index (χ1n) is 13.9. The molecule has 7 nitrogen and oxygen atoms in total. The number of carbonyl (C=O) groups is 2. The van der Waals surface area contributed by atoms with E-state index in [4.69, 9.17) is 23.2 Å². The van der Waals surface area contributed by atoms with Gasteiger partial charge in [0.25, 0.3) is 0 Å². The Balaban J connectivity index is 1.55. The van der Waals surface area contributed by atoms with Crippen LogP contribution in [-0.2, 0) is 15.0 Å². The highest BCUT2D eigenvalue weighted by Crippen LogP contribution is 2.57. The summed E-state index contributed by atoms with van der Waals surface area (Å²) < 4.78 is 15.0. The van der Waals surface area contributed by atoms with Crippen LogP contribution in [0, 0.1) is 11.2 Å². The van der Waals surface area contributed by atoms with Crippen LogP contribution in [0.25, 0.3) is 0 Å². The summed E-state index contributed by atoms with van der Waals surface area (Å²) in [4.78, 5) is 32.7. The molecule has 3 aliphatic heterocycles. The zero-order chi connectivity index (χ0) is 28.8. The van der Waals surface area contributed by atoms with Crippen LogP contribution in [0.2, 0.25) is 10.0 Å². The number of nitrogens with one attached hydrogen (secondary N) is 3. The molecule has 0 aromatic heterocycles. The maximum atomic E-state index is 15.0. The fraction of sp³-hybridized carbons (Fsp3) is 0.533. The van der Waals surface area contributed by atoms with Crippen molar-refractivity contribution in [2.75, 3.05) is 51.6 Å². The highest BCUT2D eigenvalue weighted by atomic mass is 35.5. The smallest absolute Gasteiger partial charge is 0.237 e. The molecule has 40 heavy (non-hydrogen) atoms. The molecular formula is C30H38Cl2FN5O2. The minimum Gasteiger partial charge on any atom is -0.353 e. The molecular weight excluding hydrogens is 552 g/mol. The zero-order valence-electron chi connectivity index (χ0n) is 23.5. The second-order valence-electron chi connectivity index (χ2n) is 12.6. The lowest BCUT2D eigenvalue weighted by Gasteiger charge is -2.37. The Morgan fingerprint density at radius 2 is 1.88 bits per heavy atom. The third kappa shape index (κ3) is 5.49. The standard InChI is InChI=1S/C30H38Cl2FN5O2/c1-29(2,3)17-24-30(20-15-22(33)21(32)16-23(20)35-28(30)40)25(18-6-5-7-19(31)14-18)26(36-24)27(39)34-8-9-38-12-10-37(4)11-13-38/h5-7,14-16,24-26,36H,8-13,17H2,1-4H3,(H,34,39)(H,35,40)/t24-,25+,26-,30+/m1/s1. The van der Waals surface area contributed by atoms with E-state index in [2.05, 4.69) is 53.6 Å². The molecule has 2 aromatic rings. The number of benzene rings is 2. The van der Waals surface area contributed by atoms with Gasteiger partial charge in [-0.3, -0.25) is 14.5 Å². The number of carbonyl (C=O) groups excluding carboxylic acids is 2. The van der Waals surface area contributed by atoms with Crippen molar-refractivity contribution < 1.29 is 14.0 Å². The predicted octanol–water partition coefficient (Wildman–Crippen LogP) is 4.25. The number of anilines is 1. The third-order valence-electron chi connectivity index (χ3n) is 8.51. The topological polar surface area (TPSA) is 76.7 Å². The monoisotopic (exact) mass is 589 g/mol. The number of rotatable bonds is 6. The van der Waals surface area contributed by atoms with Crippen molar-refractivity contribution in [3.8, 4) is 0 Å². The quantitative estimate of drug-likeness (QED) is 0.470. The molecule has 10 heteroatoms.